The minimum absolute atomic E-state index is 0.243. The largest absolute Gasteiger partial charge is 0.289 e. The first-order chi connectivity index (χ1) is 10.2. The third-order valence-corrected chi connectivity index (χ3v) is 2.79. The average molecular weight is 279 g/mol. The highest BCUT2D eigenvalue weighted by atomic mass is 16.6. The zero-order valence-electron chi connectivity index (χ0n) is 11.2. The lowest BCUT2D eigenvalue weighted by Crippen LogP contribution is -2.01. The van der Waals surface area contributed by atoms with Gasteiger partial charge in [-0.25, -0.2) is 0 Å². The minimum atomic E-state index is -0.569. The Hall–Kier alpha value is -3.01. The molecule has 0 amide bonds. The van der Waals surface area contributed by atoms with Gasteiger partial charge in [-0.3, -0.25) is 14.9 Å². The van der Waals surface area contributed by atoms with Crippen LogP contribution >= 0.6 is 0 Å². The van der Waals surface area contributed by atoms with Crippen LogP contribution in [0.1, 0.15) is 15.9 Å². The molecule has 0 N–H and O–H groups in total. The van der Waals surface area contributed by atoms with Crippen LogP contribution in [-0.4, -0.2) is 10.7 Å². The molecule has 2 rings (SSSR count). The summed E-state index contributed by atoms with van der Waals surface area (Å²) in [5.74, 6) is -0.389. The predicted molar refractivity (Wildman–Crippen MR) is 81.3 cm³/mol. The Bertz CT molecular complexity index is 688. The molecule has 2 aromatic carbocycles. The second-order valence-corrected chi connectivity index (χ2v) is 4.30. The molecular formula is C17H13NO3. The number of benzene rings is 2. The van der Waals surface area contributed by atoms with Gasteiger partial charge >= 0.3 is 0 Å². The van der Waals surface area contributed by atoms with Crippen LogP contribution in [0, 0.1) is 10.1 Å². The van der Waals surface area contributed by atoms with Gasteiger partial charge in [-0.2, -0.15) is 0 Å². The fourth-order valence-electron chi connectivity index (χ4n) is 1.73. The highest BCUT2D eigenvalue weighted by Crippen LogP contribution is 2.08. The van der Waals surface area contributed by atoms with Crippen molar-refractivity contribution in [3.8, 4) is 0 Å². The molecule has 0 aliphatic carbocycles. The Morgan fingerprint density at radius 2 is 1.52 bits per heavy atom. The smallest absolute Gasteiger partial charge is 0.273 e. The molecule has 0 unspecified atom stereocenters. The van der Waals surface area contributed by atoms with Gasteiger partial charge < -0.3 is 0 Å². The van der Waals surface area contributed by atoms with Crippen molar-refractivity contribution in [2.24, 2.45) is 0 Å². The van der Waals surface area contributed by atoms with Crippen molar-refractivity contribution in [3.05, 3.63) is 99.8 Å². The van der Waals surface area contributed by atoms with E-state index in [1.807, 2.05) is 30.3 Å². The van der Waals surface area contributed by atoms with Crippen molar-refractivity contribution in [3.63, 3.8) is 0 Å². The van der Waals surface area contributed by atoms with Gasteiger partial charge in [-0.05, 0) is 11.6 Å². The van der Waals surface area contributed by atoms with Crippen LogP contribution < -0.4 is 0 Å². The van der Waals surface area contributed by atoms with E-state index in [1.54, 1.807) is 36.4 Å². The standard InChI is InChI=1S/C17H13NO3/c19-17(15-9-5-2-6-10-15)13-16(18(20)21)12-11-14-7-3-1-4-8-14/h1-13H/b12-11+,16-13?. The summed E-state index contributed by atoms with van der Waals surface area (Å²) in [7, 11) is 0. The fraction of sp³-hybridized carbons (Fsp3) is 0. The molecule has 0 fully saturated rings. The van der Waals surface area contributed by atoms with Gasteiger partial charge in [-0.15, -0.1) is 0 Å². The lowest BCUT2D eigenvalue weighted by Gasteiger charge is -1.95. The van der Waals surface area contributed by atoms with Crippen molar-refractivity contribution in [1.82, 2.24) is 0 Å². The summed E-state index contributed by atoms with van der Waals surface area (Å²) in [6.07, 6.45) is 3.97. The van der Waals surface area contributed by atoms with Crippen LogP contribution in [-0.2, 0) is 0 Å². The molecule has 4 nitrogen and oxygen atoms in total. The van der Waals surface area contributed by atoms with Crippen molar-refractivity contribution in [2.45, 2.75) is 0 Å². The molecule has 0 atom stereocenters. The number of nitrogens with zero attached hydrogens (tertiary/aromatic N) is 1. The zero-order chi connectivity index (χ0) is 15.1. The lowest BCUT2D eigenvalue weighted by atomic mass is 10.1. The first-order valence-corrected chi connectivity index (χ1v) is 6.35. The predicted octanol–water partition coefficient (Wildman–Crippen LogP) is 3.74. The molecule has 0 aromatic heterocycles. The molecule has 21 heavy (non-hydrogen) atoms. The number of allylic oxidation sites excluding steroid dienone is 2. The summed E-state index contributed by atoms with van der Waals surface area (Å²) < 4.78 is 0. The molecule has 0 aliphatic heterocycles. The lowest BCUT2D eigenvalue weighted by molar-refractivity contribution is -0.418. The Balaban J connectivity index is 2.23. The van der Waals surface area contributed by atoms with Gasteiger partial charge in [0.15, 0.2) is 5.78 Å². The molecule has 104 valence electrons. The molecule has 0 heterocycles. The maximum absolute atomic E-state index is 12.0. The average Bonchev–Trinajstić information content (AvgIpc) is 2.52. The third kappa shape index (κ3) is 4.24. The summed E-state index contributed by atoms with van der Waals surface area (Å²) in [5, 5.41) is 11.0. The quantitative estimate of drug-likeness (QED) is 0.275. The summed E-state index contributed by atoms with van der Waals surface area (Å²) in [6, 6.07) is 17.6. The van der Waals surface area contributed by atoms with E-state index in [4.69, 9.17) is 0 Å². The first-order valence-electron chi connectivity index (χ1n) is 6.35. The van der Waals surface area contributed by atoms with Gasteiger partial charge in [-0.1, -0.05) is 60.7 Å². The topological polar surface area (TPSA) is 60.2 Å². The highest BCUT2D eigenvalue weighted by molar-refractivity contribution is 6.04. The molecular weight excluding hydrogens is 266 g/mol. The van der Waals surface area contributed by atoms with E-state index in [-0.39, 0.29) is 11.5 Å². The number of nitro groups is 1. The van der Waals surface area contributed by atoms with Crippen LogP contribution in [0.2, 0.25) is 0 Å². The number of ketones is 1. The van der Waals surface area contributed by atoms with Crippen LogP contribution in [0.4, 0.5) is 0 Å². The summed E-state index contributed by atoms with van der Waals surface area (Å²) in [5.41, 5.74) is 1.01. The number of carbonyl (C=O) groups is 1. The second-order valence-electron chi connectivity index (χ2n) is 4.30. The van der Waals surface area contributed by atoms with E-state index < -0.39 is 4.92 Å². The number of hydrogen-bond acceptors (Lipinski definition) is 3. The monoisotopic (exact) mass is 279 g/mol. The third-order valence-electron chi connectivity index (χ3n) is 2.79. The Morgan fingerprint density at radius 1 is 0.952 bits per heavy atom. The van der Waals surface area contributed by atoms with E-state index in [0.717, 1.165) is 11.6 Å². The van der Waals surface area contributed by atoms with E-state index in [9.17, 15) is 14.9 Å². The second kappa shape index (κ2) is 6.96. The maximum atomic E-state index is 12.0. The fourth-order valence-corrected chi connectivity index (χ4v) is 1.73. The van der Waals surface area contributed by atoms with Gasteiger partial charge in [0.1, 0.15) is 0 Å². The number of rotatable bonds is 5. The van der Waals surface area contributed by atoms with Crippen LogP contribution in [0.15, 0.2) is 78.5 Å². The van der Waals surface area contributed by atoms with Gasteiger partial charge in [0.2, 0.25) is 0 Å². The summed E-state index contributed by atoms with van der Waals surface area (Å²) in [6.45, 7) is 0. The highest BCUT2D eigenvalue weighted by Gasteiger charge is 2.11. The van der Waals surface area contributed by atoms with Crippen molar-refractivity contribution in [2.75, 3.05) is 0 Å². The van der Waals surface area contributed by atoms with Gasteiger partial charge in [0.25, 0.3) is 5.70 Å². The molecule has 4 heteroatoms. The number of hydrogen-bond donors (Lipinski definition) is 0. The summed E-state index contributed by atoms with van der Waals surface area (Å²) >= 11 is 0. The molecule has 0 aliphatic rings. The SMILES string of the molecule is O=C(C=C(/C=C/c1ccccc1)[N+](=O)[O-])c1ccccc1. The van der Waals surface area contributed by atoms with Crippen LogP contribution in [0.25, 0.3) is 6.08 Å². The zero-order valence-corrected chi connectivity index (χ0v) is 11.2. The van der Waals surface area contributed by atoms with Gasteiger partial charge in [0.05, 0.1) is 11.0 Å². The molecule has 0 radical (unpaired) electrons. The van der Waals surface area contributed by atoms with Gasteiger partial charge in [0, 0.05) is 11.6 Å². The maximum Gasteiger partial charge on any atom is 0.273 e. The number of carbonyl (C=O) groups excluding carboxylic acids is 1. The molecule has 0 bridgehead atoms. The normalized spacial score (nSPS) is 11.5. The van der Waals surface area contributed by atoms with Crippen LogP contribution in [0.5, 0.6) is 0 Å². The Morgan fingerprint density at radius 3 is 2.10 bits per heavy atom. The van der Waals surface area contributed by atoms with Crippen molar-refractivity contribution in [1.29, 1.82) is 0 Å². The minimum Gasteiger partial charge on any atom is -0.289 e. The van der Waals surface area contributed by atoms with E-state index in [2.05, 4.69) is 0 Å². The molecule has 0 saturated carbocycles. The Kier molecular flexibility index (Phi) is 4.77. The molecule has 0 spiro atoms. The van der Waals surface area contributed by atoms with E-state index >= 15 is 0 Å². The van der Waals surface area contributed by atoms with Crippen molar-refractivity contribution < 1.29 is 9.72 Å². The van der Waals surface area contributed by atoms with E-state index in [0.29, 0.717) is 5.56 Å². The summed E-state index contributed by atoms with van der Waals surface area (Å²) in [4.78, 5) is 22.4. The van der Waals surface area contributed by atoms with Crippen molar-refractivity contribution >= 4 is 11.9 Å². The molecule has 2 aromatic rings. The van der Waals surface area contributed by atoms with E-state index in [1.165, 1.54) is 6.08 Å². The Labute approximate surface area is 122 Å². The van der Waals surface area contributed by atoms with Crippen LogP contribution in [0.3, 0.4) is 0 Å². The first kappa shape index (κ1) is 14.4. The molecule has 0 saturated heterocycles.